The highest BCUT2D eigenvalue weighted by molar-refractivity contribution is 6.30. The van der Waals surface area contributed by atoms with Gasteiger partial charge in [0.2, 0.25) is 0 Å². The molecule has 3 N–H and O–H groups in total. The van der Waals surface area contributed by atoms with Crippen molar-refractivity contribution >= 4 is 23.4 Å². The average molecular weight is 350 g/mol. The summed E-state index contributed by atoms with van der Waals surface area (Å²) in [7, 11) is 2.99. The summed E-state index contributed by atoms with van der Waals surface area (Å²) in [6, 6.07) is 12.0. The van der Waals surface area contributed by atoms with Crippen molar-refractivity contribution in [3.63, 3.8) is 0 Å². The van der Waals surface area contributed by atoms with Gasteiger partial charge in [-0.25, -0.2) is 4.79 Å². The Labute approximate surface area is 144 Å². The van der Waals surface area contributed by atoms with Gasteiger partial charge in [0.1, 0.15) is 17.1 Å². The maximum Gasteiger partial charge on any atom is 0.391 e. The van der Waals surface area contributed by atoms with Crippen molar-refractivity contribution in [2.24, 2.45) is 5.73 Å². The Bertz CT molecular complexity index is 745. The van der Waals surface area contributed by atoms with Gasteiger partial charge in [-0.3, -0.25) is 10.6 Å². The number of halogens is 1. The Hall–Kier alpha value is -2.73. The van der Waals surface area contributed by atoms with E-state index in [1.165, 1.54) is 14.2 Å². The topological polar surface area (TPSA) is 84.8 Å². The van der Waals surface area contributed by atoms with Gasteiger partial charge < -0.3 is 9.47 Å². The molecule has 0 saturated heterocycles. The van der Waals surface area contributed by atoms with E-state index < -0.39 is 5.97 Å². The largest absolute Gasteiger partial charge is 0.497 e. The number of hydrogen-bond acceptors (Lipinski definition) is 4. The smallest absolute Gasteiger partial charge is 0.391 e. The van der Waals surface area contributed by atoms with Crippen molar-refractivity contribution in [3.05, 3.63) is 58.6 Å². The van der Waals surface area contributed by atoms with Gasteiger partial charge in [-0.1, -0.05) is 28.9 Å². The number of amidine groups is 1. The number of nitrogens with one attached hydrogen (secondary N) is 1. The fourth-order valence-electron chi connectivity index (χ4n) is 1.99. The molecule has 2 rings (SSSR count). The number of nitrogens with two attached hydrogens (primary N) is 1. The summed E-state index contributed by atoms with van der Waals surface area (Å²) in [5, 5.41) is 3.09. The fourth-order valence-corrected chi connectivity index (χ4v) is 2.12. The monoisotopic (exact) mass is 349 g/mol. The number of carbonyl (C=O) groups is 1. The summed E-state index contributed by atoms with van der Waals surface area (Å²) >= 11 is 5.83. The van der Waals surface area contributed by atoms with Gasteiger partial charge in [-0.05, 0) is 29.8 Å². The first-order valence-corrected chi connectivity index (χ1v) is 7.46. The normalized spacial score (nSPS) is 11.0. The van der Waals surface area contributed by atoms with Gasteiger partial charge in [-0.2, -0.15) is 0 Å². The van der Waals surface area contributed by atoms with Crippen molar-refractivity contribution in [3.8, 4) is 11.5 Å². The second-order valence-electron chi connectivity index (χ2n) is 4.89. The van der Waals surface area contributed by atoms with Gasteiger partial charge in [0, 0.05) is 11.1 Å². The molecule has 24 heavy (non-hydrogen) atoms. The lowest BCUT2D eigenvalue weighted by molar-refractivity contribution is -0.722. The molecule has 0 unspecified atom stereocenters. The number of methoxy groups -OCH3 is 2. The van der Waals surface area contributed by atoms with E-state index in [4.69, 9.17) is 31.6 Å². The van der Waals surface area contributed by atoms with E-state index >= 15 is 0 Å². The molecule has 0 spiro atoms. The molecule has 0 bridgehead atoms. The van der Waals surface area contributed by atoms with E-state index in [1.54, 1.807) is 30.3 Å². The van der Waals surface area contributed by atoms with Crippen LogP contribution < -0.4 is 20.4 Å². The third-order valence-electron chi connectivity index (χ3n) is 3.21. The highest BCUT2D eigenvalue weighted by atomic mass is 35.5. The lowest BCUT2D eigenvalue weighted by Crippen LogP contribution is -2.75. The SMILES string of the molecule is COc1ccc(C(=O)O[NH+]=C(N)Cc2ccc(Cl)cc2)c(OC)c1. The summed E-state index contributed by atoms with van der Waals surface area (Å²) < 4.78 is 10.2. The number of rotatable bonds is 6. The highest BCUT2D eigenvalue weighted by Gasteiger charge is 2.16. The molecule has 0 fully saturated rings. The molecule has 0 aromatic heterocycles. The van der Waals surface area contributed by atoms with Crippen molar-refractivity contribution in [1.29, 1.82) is 0 Å². The molecule has 0 heterocycles. The zero-order valence-corrected chi connectivity index (χ0v) is 14.1. The van der Waals surface area contributed by atoms with E-state index in [0.29, 0.717) is 22.9 Å². The molecule has 6 nitrogen and oxygen atoms in total. The van der Waals surface area contributed by atoms with Gasteiger partial charge in [0.15, 0.2) is 0 Å². The first-order chi connectivity index (χ1) is 11.5. The molecule has 2 aromatic carbocycles. The number of hydrogen-bond donors (Lipinski definition) is 2. The third-order valence-corrected chi connectivity index (χ3v) is 3.46. The second-order valence-corrected chi connectivity index (χ2v) is 5.32. The van der Waals surface area contributed by atoms with Crippen molar-refractivity contribution in [2.75, 3.05) is 14.2 Å². The summed E-state index contributed by atoms with van der Waals surface area (Å²) in [5.41, 5.74) is 7.02. The maximum absolute atomic E-state index is 12.1. The first-order valence-electron chi connectivity index (χ1n) is 7.08. The van der Waals surface area contributed by atoms with Crippen LogP contribution in [0.3, 0.4) is 0 Å². The summed E-state index contributed by atoms with van der Waals surface area (Å²) in [6.45, 7) is 0. The molecule has 2 aromatic rings. The van der Waals surface area contributed by atoms with Crippen LogP contribution in [0, 0.1) is 0 Å². The number of benzene rings is 2. The Morgan fingerprint density at radius 2 is 1.83 bits per heavy atom. The minimum atomic E-state index is -0.617. The fraction of sp³-hybridized carbons (Fsp3) is 0.176. The Morgan fingerprint density at radius 3 is 2.46 bits per heavy atom. The van der Waals surface area contributed by atoms with Crippen LogP contribution in [0.5, 0.6) is 11.5 Å². The predicted molar refractivity (Wildman–Crippen MR) is 90.3 cm³/mol. The van der Waals surface area contributed by atoms with E-state index in [1.807, 2.05) is 12.1 Å². The molecular formula is C17H18ClN2O4+. The Balaban J connectivity index is 2.04. The zero-order valence-electron chi connectivity index (χ0n) is 13.3. The number of ether oxygens (including phenoxy) is 2. The van der Waals surface area contributed by atoms with E-state index in [9.17, 15) is 4.79 Å². The average Bonchev–Trinajstić information content (AvgIpc) is 2.61. The third kappa shape index (κ3) is 4.63. The van der Waals surface area contributed by atoms with E-state index in [2.05, 4.69) is 5.16 Å². The van der Waals surface area contributed by atoms with Crippen molar-refractivity contribution in [1.82, 2.24) is 0 Å². The van der Waals surface area contributed by atoms with Gasteiger partial charge in [0.05, 0.1) is 20.6 Å². The van der Waals surface area contributed by atoms with Crippen LogP contribution in [-0.2, 0) is 11.3 Å². The van der Waals surface area contributed by atoms with E-state index in [0.717, 1.165) is 5.56 Å². The van der Waals surface area contributed by atoms with E-state index in [-0.39, 0.29) is 11.4 Å². The molecule has 0 aliphatic heterocycles. The van der Waals surface area contributed by atoms with Crippen LogP contribution in [0.2, 0.25) is 5.02 Å². The molecule has 0 aliphatic rings. The summed E-state index contributed by atoms with van der Waals surface area (Å²) in [5.74, 6) is 0.592. The quantitative estimate of drug-likeness (QED) is 0.353. The molecule has 0 aliphatic carbocycles. The van der Waals surface area contributed by atoms with Crippen LogP contribution in [-0.4, -0.2) is 26.0 Å². The molecular weight excluding hydrogens is 332 g/mol. The molecule has 0 radical (unpaired) electrons. The predicted octanol–water partition coefficient (Wildman–Crippen LogP) is 1.11. The van der Waals surface area contributed by atoms with Crippen LogP contribution in [0.4, 0.5) is 0 Å². The van der Waals surface area contributed by atoms with Gasteiger partial charge in [-0.15, -0.1) is 0 Å². The minimum absolute atomic E-state index is 0.255. The highest BCUT2D eigenvalue weighted by Crippen LogP contribution is 2.24. The van der Waals surface area contributed by atoms with Crippen molar-refractivity contribution < 1.29 is 24.3 Å². The molecule has 7 heteroatoms. The molecule has 0 saturated carbocycles. The summed E-state index contributed by atoms with van der Waals surface area (Å²) in [4.78, 5) is 17.1. The molecule has 0 atom stereocenters. The molecule has 126 valence electrons. The Morgan fingerprint density at radius 1 is 1.12 bits per heavy atom. The van der Waals surface area contributed by atoms with Crippen LogP contribution >= 0.6 is 11.6 Å². The van der Waals surface area contributed by atoms with Crippen LogP contribution in [0.15, 0.2) is 42.5 Å². The lowest BCUT2D eigenvalue weighted by atomic mass is 10.1. The molecule has 0 amide bonds. The Kier molecular flexibility index (Phi) is 6.03. The van der Waals surface area contributed by atoms with Crippen LogP contribution in [0.25, 0.3) is 0 Å². The van der Waals surface area contributed by atoms with Crippen LogP contribution in [0.1, 0.15) is 15.9 Å². The first kappa shape index (κ1) is 17.6. The lowest BCUT2D eigenvalue weighted by Gasteiger charge is -2.07. The zero-order chi connectivity index (χ0) is 17.5. The maximum atomic E-state index is 12.1. The standard InChI is InChI=1S/C17H17ClN2O4/c1-22-13-7-8-14(15(10-13)23-2)17(21)24-20-16(19)9-11-3-5-12(18)6-4-11/h3-8,10H,9H2,1-2H3,(H2,19,20)/p+1. The van der Waals surface area contributed by atoms with Crippen molar-refractivity contribution in [2.45, 2.75) is 6.42 Å². The number of carbonyl (C=O) groups excluding carboxylic acids is 1. The minimum Gasteiger partial charge on any atom is -0.497 e. The van der Waals surface area contributed by atoms with Gasteiger partial charge in [0.25, 0.3) is 5.84 Å². The van der Waals surface area contributed by atoms with Gasteiger partial charge >= 0.3 is 5.97 Å². The summed E-state index contributed by atoms with van der Waals surface area (Å²) in [6.07, 6.45) is 0.393. The second kappa shape index (κ2) is 8.21.